The smallest absolute Gasteiger partial charge is 0.324 e. The van der Waals surface area contributed by atoms with Crippen molar-refractivity contribution in [2.45, 2.75) is 52.3 Å². The van der Waals surface area contributed by atoms with Gasteiger partial charge >= 0.3 is 5.97 Å². The van der Waals surface area contributed by atoms with Crippen LogP contribution in [0.15, 0.2) is 0 Å². The van der Waals surface area contributed by atoms with Gasteiger partial charge in [-0.3, -0.25) is 9.69 Å². The maximum atomic E-state index is 12.0. The summed E-state index contributed by atoms with van der Waals surface area (Å²) in [6, 6.07) is 0.101. The Balaban J connectivity index is 2.56. The predicted octanol–water partition coefficient (Wildman–Crippen LogP) is 1.03. The summed E-state index contributed by atoms with van der Waals surface area (Å²) in [5.74, 6) is -0.151. The molecular weight excluding hydrogens is 244 g/mol. The van der Waals surface area contributed by atoms with E-state index in [0.29, 0.717) is 19.2 Å². The van der Waals surface area contributed by atoms with Crippen molar-refractivity contribution in [2.24, 2.45) is 0 Å². The number of hydrogen-bond acceptors (Lipinski definition) is 5. The number of hydrogen-bond donors (Lipinski definition) is 1. The highest BCUT2D eigenvalue weighted by atomic mass is 16.5. The van der Waals surface area contributed by atoms with Crippen LogP contribution in [0.2, 0.25) is 0 Å². The highest BCUT2D eigenvalue weighted by molar-refractivity contribution is 5.76. The first-order valence-electron chi connectivity index (χ1n) is 7.34. The summed E-state index contributed by atoms with van der Waals surface area (Å²) in [6.45, 7) is 11.7. The quantitative estimate of drug-likeness (QED) is 0.702. The molecule has 0 radical (unpaired) electrons. The molecule has 1 saturated heterocycles. The van der Waals surface area contributed by atoms with Gasteiger partial charge in [-0.1, -0.05) is 6.92 Å². The third-order valence-electron chi connectivity index (χ3n) is 3.37. The van der Waals surface area contributed by atoms with Gasteiger partial charge in [-0.15, -0.1) is 0 Å². The van der Waals surface area contributed by atoms with Crippen molar-refractivity contribution in [3.8, 4) is 0 Å². The van der Waals surface area contributed by atoms with Crippen molar-refractivity contribution in [3.05, 3.63) is 0 Å². The first kappa shape index (κ1) is 16.4. The Kier molecular flexibility index (Phi) is 7.34. The van der Waals surface area contributed by atoms with E-state index in [1.165, 1.54) is 0 Å². The summed E-state index contributed by atoms with van der Waals surface area (Å²) < 4.78 is 10.8. The van der Waals surface area contributed by atoms with Gasteiger partial charge in [-0.25, -0.2) is 0 Å². The van der Waals surface area contributed by atoms with Gasteiger partial charge in [0, 0.05) is 19.1 Å². The number of nitrogens with zero attached hydrogens (tertiary/aromatic N) is 1. The molecule has 112 valence electrons. The van der Waals surface area contributed by atoms with E-state index in [2.05, 4.69) is 31.0 Å². The average Bonchev–Trinajstić information content (AvgIpc) is 2.38. The molecule has 5 nitrogen and oxygen atoms in total. The Bertz CT molecular complexity index is 273. The lowest BCUT2D eigenvalue weighted by Gasteiger charge is -2.38. The Labute approximate surface area is 116 Å². The van der Waals surface area contributed by atoms with Crippen molar-refractivity contribution in [2.75, 3.05) is 32.8 Å². The van der Waals surface area contributed by atoms with Gasteiger partial charge in [0.2, 0.25) is 0 Å². The van der Waals surface area contributed by atoms with Crippen molar-refractivity contribution >= 4 is 5.97 Å². The van der Waals surface area contributed by atoms with Crippen molar-refractivity contribution in [3.63, 3.8) is 0 Å². The Morgan fingerprint density at radius 2 is 2.21 bits per heavy atom. The van der Waals surface area contributed by atoms with Gasteiger partial charge in [-0.05, 0) is 33.7 Å². The van der Waals surface area contributed by atoms with Crippen LogP contribution in [0.3, 0.4) is 0 Å². The van der Waals surface area contributed by atoms with Gasteiger partial charge < -0.3 is 14.8 Å². The van der Waals surface area contributed by atoms with Crippen LogP contribution < -0.4 is 5.32 Å². The van der Waals surface area contributed by atoms with E-state index in [9.17, 15) is 4.79 Å². The normalized spacial score (nSPS) is 26.1. The summed E-state index contributed by atoms with van der Waals surface area (Å²) in [7, 11) is 0. The molecule has 0 saturated carbocycles. The number of esters is 1. The molecule has 0 aromatic carbocycles. The molecule has 1 aliphatic rings. The van der Waals surface area contributed by atoms with Crippen LogP contribution in [0.4, 0.5) is 0 Å². The number of carbonyl (C=O) groups excluding carboxylic acids is 1. The van der Waals surface area contributed by atoms with Gasteiger partial charge in [0.1, 0.15) is 6.04 Å². The van der Waals surface area contributed by atoms with Crippen LogP contribution in [0.5, 0.6) is 0 Å². The summed E-state index contributed by atoms with van der Waals surface area (Å²) >= 11 is 0. The first-order valence-corrected chi connectivity index (χ1v) is 7.34. The lowest BCUT2D eigenvalue weighted by atomic mass is 10.1. The molecule has 0 aliphatic carbocycles. The SMILES string of the molecule is CCCNC(CN1CC(C)OCC1C)C(=O)OCC. The minimum Gasteiger partial charge on any atom is -0.465 e. The highest BCUT2D eigenvalue weighted by Gasteiger charge is 2.28. The van der Waals surface area contributed by atoms with Crippen molar-refractivity contribution in [1.29, 1.82) is 0 Å². The Hall–Kier alpha value is -0.650. The zero-order valence-electron chi connectivity index (χ0n) is 12.6. The van der Waals surface area contributed by atoms with Gasteiger partial charge in [0.05, 0.1) is 19.3 Å². The van der Waals surface area contributed by atoms with E-state index in [-0.39, 0.29) is 18.1 Å². The van der Waals surface area contributed by atoms with Crippen LogP contribution >= 0.6 is 0 Å². The van der Waals surface area contributed by atoms with E-state index in [1.807, 2.05) is 6.92 Å². The van der Waals surface area contributed by atoms with E-state index < -0.39 is 0 Å². The van der Waals surface area contributed by atoms with Crippen LogP contribution in [0.1, 0.15) is 34.1 Å². The fourth-order valence-electron chi connectivity index (χ4n) is 2.24. The molecule has 3 atom stereocenters. The van der Waals surface area contributed by atoms with E-state index in [1.54, 1.807) is 0 Å². The van der Waals surface area contributed by atoms with Crippen LogP contribution in [-0.4, -0.2) is 61.9 Å². The fraction of sp³-hybridized carbons (Fsp3) is 0.929. The van der Waals surface area contributed by atoms with Crippen LogP contribution in [0, 0.1) is 0 Å². The van der Waals surface area contributed by atoms with Gasteiger partial charge in [0.25, 0.3) is 0 Å². The minimum absolute atomic E-state index is 0.151. The molecule has 1 rings (SSSR count). The summed E-state index contributed by atoms with van der Waals surface area (Å²) in [5.41, 5.74) is 0. The van der Waals surface area contributed by atoms with Gasteiger partial charge in [-0.2, -0.15) is 0 Å². The van der Waals surface area contributed by atoms with E-state index in [0.717, 1.165) is 26.1 Å². The highest BCUT2D eigenvalue weighted by Crippen LogP contribution is 2.12. The minimum atomic E-state index is -0.243. The second kappa shape index (κ2) is 8.51. The number of nitrogens with one attached hydrogen (secondary N) is 1. The zero-order chi connectivity index (χ0) is 14.3. The molecule has 0 aromatic heterocycles. The van der Waals surface area contributed by atoms with E-state index >= 15 is 0 Å². The lowest BCUT2D eigenvalue weighted by Crippen LogP contribution is -2.54. The predicted molar refractivity (Wildman–Crippen MR) is 75.2 cm³/mol. The number of morpholine rings is 1. The Morgan fingerprint density at radius 1 is 1.47 bits per heavy atom. The average molecular weight is 272 g/mol. The molecule has 19 heavy (non-hydrogen) atoms. The summed E-state index contributed by atoms with van der Waals surface area (Å²) in [5, 5.41) is 3.28. The third-order valence-corrected chi connectivity index (χ3v) is 3.37. The summed E-state index contributed by atoms with van der Waals surface area (Å²) in [4.78, 5) is 14.3. The molecule has 3 unspecified atom stereocenters. The largest absolute Gasteiger partial charge is 0.465 e. The fourth-order valence-corrected chi connectivity index (χ4v) is 2.24. The molecule has 0 bridgehead atoms. The molecule has 1 aliphatic heterocycles. The number of ether oxygens (including phenoxy) is 2. The maximum absolute atomic E-state index is 12.0. The molecule has 0 spiro atoms. The Morgan fingerprint density at radius 3 is 2.84 bits per heavy atom. The molecule has 0 amide bonds. The third kappa shape index (κ3) is 5.47. The topological polar surface area (TPSA) is 50.8 Å². The van der Waals surface area contributed by atoms with Gasteiger partial charge in [0.15, 0.2) is 0 Å². The molecule has 0 aromatic rings. The molecule has 1 heterocycles. The second-order valence-electron chi connectivity index (χ2n) is 5.21. The summed E-state index contributed by atoms with van der Waals surface area (Å²) in [6.07, 6.45) is 1.23. The zero-order valence-corrected chi connectivity index (χ0v) is 12.6. The first-order chi connectivity index (χ1) is 9.08. The van der Waals surface area contributed by atoms with Crippen LogP contribution in [-0.2, 0) is 14.3 Å². The molecule has 1 fully saturated rings. The van der Waals surface area contributed by atoms with Crippen molar-refractivity contribution < 1.29 is 14.3 Å². The van der Waals surface area contributed by atoms with Crippen molar-refractivity contribution in [1.82, 2.24) is 10.2 Å². The number of carbonyl (C=O) groups is 1. The standard InChI is InChI=1S/C14H28N2O3/c1-5-7-15-13(14(17)18-6-2)9-16-8-12(4)19-10-11(16)3/h11-13,15H,5-10H2,1-4H3. The van der Waals surface area contributed by atoms with E-state index in [4.69, 9.17) is 9.47 Å². The van der Waals surface area contributed by atoms with Crippen LogP contribution in [0.25, 0.3) is 0 Å². The molecular formula is C14H28N2O3. The molecule has 1 N–H and O–H groups in total. The second-order valence-corrected chi connectivity index (χ2v) is 5.21. The maximum Gasteiger partial charge on any atom is 0.324 e. The lowest BCUT2D eigenvalue weighted by molar-refractivity contribution is -0.147. The molecule has 5 heteroatoms. The number of rotatable bonds is 7. The monoisotopic (exact) mass is 272 g/mol.